The van der Waals surface area contributed by atoms with Gasteiger partial charge in [-0.1, -0.05) is 0 Å². The van der Waals surface area contributed by atoms with Crippen molar-refractivity contribution in [3.8, 4) is 28.7 Å². The van der Waals surface area contributed by atoms with E-state index >= 15 is 0 Å². The van der Waals surface area contributed by atoms with E-state index in [-0.39, 0.29) is 12.8 Å². The molecule has 160 valence electrons. The molecule has 1 atom stereocenters. The van der Waals surface area contributed by atoms with E-state index in [0.717, 1.165) is 24.1 Å². The predicted octanol–water partition coefficient (Wildman–Crippen LogP) is 2.99. The minimum atomic E-state index is -0.167. The van der Waals surface area contributed by atoms with Crippen LogP contribution in [0.3, 0.4) is 0 Å². The number of methoxy groups -OCH3 is 3. The first-order valence-corrected chi connectivity index (χ1v) is 9.65. The van der Waals surface area contributed by atoms with Gasteiger partial charge in [-0.2, -0.15) is 0 Å². The minimum absolute atomic E-state index is 0.167. The fourth-order valence-electron chi connectivity index (χ4n) is 4.04. The van der Waals surface area contributed by atoms with E-state index in [9.17, 15) is 5.21 Å². The average Bonchev–Trinajstić information content (AvgIpc) is 3.25. The van der Waals surface area contributed by atoms with Crippen LogP contribution in [0, 0.1) is 0 Å². The van der Waals surface area contributed by atoms with Crippen molar-refractivity contribution in [3.05, 3.63) is 47.0 Å². The summed E-state index contributed by atoms with van der Waals surface area (Å²) in [6.07, 6.45) is 2.81. The van der Waals surface area contributed by atoms with Crippen molar-refractivity contribution in [2.75, 3.05) is 41.7 Å². The molecule has 0 radical (unpaired) electrons. The van der Waals surface area contributed by atoms with Crippen LogP contribution < -0.4 is 29.2 Å². The number of hydroxylamine groups is 1. The van der Waals surface area contributed by atoms with Gasteiger partial charge in [-0.25, -0.2) is 0 Å². The largest absolute Gasteiger partial charge is 0.497 e. The lowest BCUT2D eigenvalue weighted by Gasteiger charge is -2.34. The Kier molecular flexibility index (Phi) is 5.61. The van der Waals surface area contributed by atoms with Gasteiger partial charge >= 0.3 is 0 Å². The lowest BCUT2D eigenvalue weighted by molar-refractivity contribution is 0.171. The number of hydrogen-bond acceptors (Lipinski definition) is 8. The molecule has 0 aliphatic carbocycles. The SMILES string of the molecule is COc1ccc(/C(=C\[C@H]2c3c(cc4c(c3OC)OCO4)CCN2C)NO)c(OC)c1. The molecule has 8 heteroatoms. The number of fused-ring (bicyclic) bond motifs is 2. The Labute approximate surface area is 175 Å². The van der Waals surface area contributed by atoms with Gasteiger partial charge in [0, 0.05) is 23.7 Å². The molecule has 0 fully saturated rings. The summed E-state index contributed by atoms with van der Waals surface area (Å²) in [6, 6.07) is 7.29. The van der Waals surface area contributed by atoms with Crippen molar-refractivity contribution in [3.63, 3.8) is 0 Å². The highest BCUT2D eigenvalue weighted by atomic mass is 16.7. The van der Waals surface area contributed by atoms with Crippen LogP contribution in [0.4, 0.5) is 0 Å². The molecule has 0 amide bonds. The van der Waals surface area contributed by atoms with Crippen LogP contribution >= 0.6 is 0 Å². The number of hydrogen-bond donors (Lipinski definition) is 2. The highest BCUT2D eigenvalue weighted by Gasteiger charge is 2.33. The summed E-state index contributed by atoms with van der Waals surface area (Å²) >= 11 is 0. The Bertz CT molecular complexity index is 975. The fraction of sp³-hybridized carbons (Fsp3) is 0.364. The van der Waals surface area contributed by atoms with Crippen LogP contribution in [-0.4, -0.2) is 51.8 Å². The third-order valence-electron chi connectivity index (χ3n) is 5.60. The van der Waals surface area contributed by atoms with E-state index in [4.69, 9.17) is 23.7 Å². The third kappa shape index (κ3) is 3.38. The second-order valence-electron chi connectivity index (χ2n) is 7.15. The standard InChI is InChI=1S/C22H26N2O6/c1-24-8-7-13-9-19-21(30-12-29-19)22(28-4)20(13)17(24)11-16(23-25)15-6-5-14(26-2)10-18(15)27-3/h5-6,9-11,17,23,25H,7-8,12H2,1-4H3/b16-11+/t17-/m0/s1. The second kappa shape index (κ2) is 8.33. The Hall–Kier alpha value is -3.10. The monoisotopic (exact) mass is 414 g/mol. The van der Waals surface area contributed by atoms with Crippen molar-refractivity contribution >= 4 is 5.70 Å². The highest BCUT2D eigenvalue weighted by molar-refractivity contribution is 5.71. The molecule has 0 bridgehead atoms. The molecule has 0 spiro atoms. The Morgan fingerprint density at radius 2 is 2.00 bits per heavy atom. The van der Waals surface area contributed by atoms with Gasteiger partial charge in [0.25, 0.3) is 0 Å². The van der Waals surface area contributed by atoms with Gasteiger partial charge in [0.05, 0.1) is 33.1 Å². The maximum Gasteiger partial charge on any atom is 0.231 e. The van der Waals surface area contributed by atoms with Crippen LogP contribution in [0.2, 0.25) is 0 Å². The van der Waals surface area contributed by atoms with Gasteiger partial charge in [0.2, 0.25) is 12.5 Å². The average molecular weight is 414 g/mol. The molecule has 2 aliphatic heterocycles. The molecule has 0 saturated carbocycles. The number of nitrogens with zero attached hydrogens (tertiary/aromatic N) is 1. The summed E-state index contributed by atoms with van der Waals surface area (Å²) in [5, 5.41) is 9.97. The normalized spacial score (nSPS) is 18.0. The summed E-state index contributed by atoms with van der Waals surface area (Å²) in [7, 11) is 6.85. The predicted molar refractivity (Wildman–Crippen MR) is 111 cm³/mol. The summed E-state index contributed by atoms with van der Waals surface area (Å²) in [5.41, 5.74) is 5.69. The van der Waals surface area contributed by atoms with Crippen LogP contribution in [-0.2, 0) is 6.42 Å². The van der Waals surface area contributed by atoms with E-state index in [2.05, 4.69) is 10.4 Å². The van der Waals surface area contributed by atoms with Crippen molar-refractivity contribution in [2.45, 2.75) is 12.5 Å². The van der Waals surface area contributed by atoms with Crippen molar-refractivity contribution in [1.82, 2.24) is 10.4 Å². The van der Waals surface area contributed by atoms with Gasteiger partial charge in [-0.05, 0) is 43.3 Å². The van der Waals surface area contributed by atoms with E-state index in [1.165, 1.54) is 0 Å². The minimum Gasteiger partial charge on any atom is -0.497 e. The summed E-state index contributed by atoms with van der Waals surface area (Å²) in [6.45, 7) is 1.02. The molecule has 2 N–H and O–H groups in total. The Morgan fingerprint density at radius 3 is 2.70 bits per heavy atom. The van der Waals surface area contributed by atoms with Gasteiger partial charge < -0.3 is 23.7 Å². The highest BCUT2D eigenvalue weighted by Crippen LogP contribution is 2.50. The molecule has 2 aromatic rings. The van der Waals surface area contributed by atoms with Crippen molar-refractivity contribution < 1.29 is 28.9 Å². The van der Waals surface area contributed by atoms with E-state index in [1.807, 2.05) is 31.3 Å². The van der Waals surface area contributed by atoms with E-state index in [0.29, 0.717) is 40.0 Å². The topological polar surface area (TPSA) is 81.7 Å². The summed E-state index contributed by atoms with van der Waals surface area (Å²) in [5.74, 6) is 3.23. The molecule has 8 nitrogen and oxygen atoms in total. The number of benzene rings is 2. The van der Waals surface area contributed by atoms with Gasteiger partial charge in [0.1, 0.15) is 11.5 Å². The molecular weight excluding hydrogens is 388 g/mol. The molecule has 2 heterocycles. The van der Waals surface area contributed by atoms with Crippen molar-refractivity contribution in [2.24, 2.45) is 0 Å². The zero-order valence-electron chi connectivity index (χ0n) is 17.5. The number of likely N-dealkylation sites (N-methyl/N-ethyl adjacent to an activating group) is 1. The Balaban J connectivity index is 1.84. The first-order valence-electron chi connectivity index (χ1n) is 9.65. The quantitative estimate of drug-likeness (QED) is 0.699. The number of rotatable bonds is 6. The molecule has 0 unspecified atom stereocenters. The van der Waals surface area contributed by atoms with E-state index < -0.39 is 0 Å². The fourth-order valence-corrected chi connectivity index (χ4v) is 4.04. The molecule has 4 rings (SSSR count). The zero-order chi connectivity index (χ0) is 21.3. The van der Waals surface area contributed by atoms with Crippen LogP contribution in [0.15, 0.2) is 30.3 Å². The lowest BCUT2D eigenvalue weighted by atomic mass is 9.90. The maximum absolute atomic E-state index is 9.97. The molecule has 0 aromatic heterocycles. The molecule has 0 saturated heterocycles. The van der Waals surface area contributed by atoms with E-state index in [1.54, 1.807) is 27.4 Å². The second-order valence-corrected chi connectivity index (χ2v) is 7.15. The molecule has 2 aliphatic rings. The molecule has 2 aromatic carbocycles. The first-order chi connectivity index (χ1) is 14.6. The molecular formula is C22H26N2O6. The Morgan fingerprint density at radius 1 is 1.17 bits per heavy atom. The summed E-state index contributed by atoms with van der Waals surface area (Å²) in [4.78, 5) is 2.19. The number of ether oxygens (including phenoxy) is 5. The third-order valence-corrected chi connectivity index (χ3v) is 5.60. The van der Waals surface area contributed by atoms with Gasteiger partial charge in [-0.15, -0.1) is 0 Å². The first kappa shape index (κ1) is 20.2. The van der Waals surface area contributed by atoms with Crippen LogP contribution in [0.5, 0.6) is 28.7 Å². The van der Waals surface area contributed by atoms with Crippen molar-refractivity contribution in [1.29, 1.82) is 0 Å². The van der Waals surface area contributed by atoms with Crippen LogP contribution in [0.25, 0.3) is 5.70 Å². The maximum atomic E-state index is 9.97. The number of nitrogens with one attached hydrogen (secondary N) is 1. The summed E-state index contributed by atoms with van der Waals surface area (Å²) < 4.78 is 27.8. The smallest absolute Gasteiger partial charge is 0.231 e. The van der Waals surface area contributed by atoms with Gasteiger partial charge in [-0.3, -0.25) is 15.6 Å². The van der Waals surface area contributed by atoms with Gasteiger partial charge in [0.15, 0.2) is 11.5 Å². The molecule has 30 heavy (non-hydrogen) atoms. The van der Waals surface area contributed by atoms with Crippen LogP contribution in [0.1, 0.15) is 22.7 Å². The lowest BCUT2D eigenvalue weighted by Crippen LogP contribution is -2.32. The zero-order valence-corrected chi connectivity index (χ0v) is 17.5.